The average molecular weight is 511 g/mol. The van der Waals surface area contributed by atoms with Crippen molar-refractivity contribution in [1.29, 1.82) is 0 Å². The maximum atomic E-state index is 4.65. The van der Waals surface area contributed by atoms with Gasteiger partial charge in [-0.1, -0.05) is 24.3 Å². The zero-order chi connectivity index (χ0) is 16.1. The molecule has 0 aliphatic carbocycles. The Kier molecular flexibility index (Phi) is 7.85. The molecule has 2 heterocycles. The van der Waals surface area contributed by atoms with E-state index in [4.69, 9.17) is 0 Å². The predicted molar refractivity (Wildman–Crippen MR) is 91.2 cm³/mol. The Morgan fingerprint density at radius 3 is 2.35 bits per heavy atom. The maximum absolute atomic E-state index is 4.65. The second kappa shape index (κ2) is 9.13. The van der Waals surface area contributed by atoms with Crippen LogP contribution in [0.2, 0.25) is 0 Å². The van der Waals surface area contributed by atoms with Gasteiger partial charge in [0.1, 0.15) is 0 Å². The summed E-state index contributed by atoms with van der Waals surface area (Å²) in [6.45, 7) is 8.75. The molecule has 2 aromatic heterocycles. The number of rotatable bonds is 2. The number of H-pyrrole nitrogens is 1. The molecule has 126 valence electrons. The van der Waals surface area contributed by atoms with Crippen LogP contribution in [-0.2, 0) is 22.4 Å². The Labute approximate surface area is 158 Å². The van der Waals surface area contributed by atoms with Crippen molar-refractivity contribution in [3.63, 3.8) is 0 Å². The summed E-state index contributed by atoms with van der Waals surface area (Å²) in [4.78, 5) is 6.47. The zero-order valence-corrected chi connectivity index (χ0v) is 16.7. The van der Waals surface area contributed by atoms with Crippen LogP contribution in [0.4, 0.5) is 0 Å². The smallest absolute Gasteiger partial charge is 0.342 e. The molecule has 0 aliphatic heterocycles. The van der Waals surface area contributed by atoms with Gasteiger partial charge >= 0.3 is 22.4 Å². The number of para-hydroxylation sites is 2. The number of imidazole rings is 1. The van der Waals surface area contributed by atoms with E-state index in [1.807, 2.05) is 0 Å². The van der Waals surface area contributed by atoms with E-state index < -0.39 is 0 Å². The fourth-order valence-corrected chi connectivity index (χ4v) is 2.32. The summed E-state index contributed by atoms with van der Waals surface area (Å²) >= 11 is 4.65. The van der Waals surface area contributed by atoms with Crippen molar-refractivity contribution in [2.24, 2.45) is 0 Å². The van der Waals surface area contributed by atoms with Crippen LogP contribution in [0.1, 0.15) is 39.8 Å². The van der Waals surface area contributed by atoms with Crippen LogP contribution in [0.15, 0.2) is 42.7 Å². The first kappa shape index (κ1) is 19.8. The summed E-state index contributed by atoms with van der Waals surface area (Å²) in [7, 11) is 0. The molecule has 0 atom stereocenters. The first-order valence-corrected chi connectivity index (χ1v) is 7.85. The molecule has 6 heteroatoms. The molecule has 23 heavy (non-hydrogen) atoms. The Bertz CT molecular complexity index is 733. The molecule has 0 bridgehead atoms. The third-order valence-corrected chi connectivity index (χ3v) is 3.45. The van der Waals surface area contributed by atoms with Gasteiger partial charge in [0.2, 0.25) is 6.33 Å². The minimum atomic E-state index is 0. The second-order valence-electron chi connectivity index (χ2n) is 5.60. The molecule has 0 fully saturated rings. The summed E-state index contributed by atoms with van der Waals surface area (Å²) in [6, 6.07) is 11.2. The molecule has 0 saturated carbocycles. The van der Waals surface area contributed by atoms with Crippen LogP contribution in [0, 0.1) is 11.1 Å². The summed E-state index contributed by atoms with van der Waals surface area (Å²) in [5.41, 5.74) is 2.53. The average Bonchev–Trinajstić information content (AvgIpc) is 2.88. The third-order valence-electron chi connectivity index (χ3n) is 3.23. The van der Waals surface area contributed by atoms with Gasteiger partial charge in [-0.2, -0.15) is 0 Å². The fourth-order valence-electron chi connectivity index (χ4n) is 2.19. The van der Waals surface area contributed by atoms with E-state index in [0.717, 1.165) is 0 Å². The molecular weight excluding hydrogens is 489 g/mol. The van der Waals surface area contributed by atoms with Gasteiger partial charge in [0, 0.05) is 23.4 Å². The number of fused-ring (bicyclic) bond motifs is 1. The minimum absolute atomic E-state index is 0. The number of aromatic nitrogens is 4. The Morgan fingerprint density at radius 2 is 1.87 bits per heavy atom. The first-order chi connectivity index (χ1) is 10.5. The molecule has 4 nitrogen and oxygen atoms in total. The van der Waals surface area contributed by atoms with Gasteiger partial charge in [-0.15, -0.1) is 0 Å². The number of hydrogen-bond donors (Lipinski definition) is 1. The quantitative estimate of drug-likeness (QED) is 0.244. The molecule has 3 aromatic rings. The molecule has 0 unspecified atom stereocenters. The van der Waals surface area contributed by atoms with E-state index in [0.29, 0.717) is 16.9 Å². The van der Waals surface area contributed by atoms with E-state index in [9.17, 15) is 0 Å². The minimum Gasteiger partial charge on any atom is -0.342 e. The first-order valence-electron chi connectivity index (χ1n) is 7.44. The largest absolute Gasteiger partial charge is 1.00 e. The monoisotopic (exact) mass is 511 g/mol. The summed E-state index contributed by atoms with van der Waals surface area (Å²) in [6.07, 6.45) is 6.82. The summed E-state index contributed by atoms with van der Waals surface area (Å²) < 4.78 is 4.94. The van der Waals surface area contributed by atoms with Crippen LogP contribution >= 0.6 is 12.2 Å². The van der Waals surface area contributed by atoms with Crippen molar-refractivity contribution in [2.75, 3.05) is 0 Å². The zero-order valence-electron chi connectivity index (χ0n) is 13.7. The van der Waals surface area contributed by atoms with Crippen molar-refractivity contribution in [3.8, 4) is 0 Å². The Balaban J connectivity index is 0.000000280. The number of benzene rings is 1. The Morgan fingerprint density at radius 1 is 1.17 bits per heavy atom. The van der Waals surface area contributed by atoms with Crippen LogP contribution in [-0.4, -0.2) is 14.5 Å². The summed E-state index contributed by atoms with van der Waals surface area (Å²) in [5, 5.41) is 0. The van der Waals surface area contributed by atoms with E-state index in [1.165, 1.54) is 11.0 Å². The van der Waals surface area contributed by atoms with E-state index in [2.05, 4.69) is 89.6 Å². The fraction of sp³-hybridized carbons (Fsp3) is 0.353. The second-order valence-corrected chi connectivity index (χ2v) is 5.99. The molecular formula is C17H22AuN4S+. The molecule has 0 amide bonds. The van der Waals surface area contributed by atoms with E-state index in [-0.39, 0.29) is 22.4 Å². The standard InChI is InChI=1S/C13H18N2.C4H4N2S.Au/c1-10(2)14-9-15(11(3)4)13-8-6-5-7-12(13)14;7-4-5-2-1-3-6-4;/h5-8,10-11H,1-4H3;1-3H,(H,5,6,7);/q;;+1. The van der Waals surface area contributed by atoms with Gasteiger partial charge in [-0.25, -0.2) is 4.98 Å². The summed E-state index contributed by atoms with van der Waals surface area (Å²) in [5.74, 6) is 0. The van der Waals surface area contributed by atoms with Crippen LogP contribution in [0.3, 0.4) is 0 Å². The molecule has 1 N–H and O–H groups in total. The third kappa shape index (κ3) is 5.11. The van der Waals surface area contributed by atoms with Gasteiger partial charge < -0.3 is 14.1 Å². The van der Waals surface area contributed by atoms with Crippen molar-refractivity contribution >= 4 is 23.3 Å². The molecule has 0 aliphatic rings. The molecule has 3 rings (SSSR count). The SMILES string of the molecule is CC(C)n1[c-][n+](C(C)C)c2ccccc21.S=c1nccc[nH]1.[Au+]. The molecule has 0 radical (unpaired) electrons. The molecule has 0 saturated heterocycles. The van der Waals surface area contributed by atoms with Crippen molar-refractivity contribution in [3.05, 3.63) is 53.8 Å². The number of nitrogens with zero attached hydrogens (tertiary/aromatic N) is 3. The van der Waals surface area contributed by atoms with Crippen LogP contribution < -0.4 is 4.57 Å². The Hall–Kier alpha value is -1.27. The van der Waals surface area contributed by atoms with E-state index in [1.54, 1.807) is 18.5 Å². The van der Waals surface area contributed by atoms with Gasteiger partial charge in [0.15, 0.2) is 4.77 Å². The van der Waals surface area contributed by atoms with E-state index >= 15 is 0 Å². The normalized spacial score (nSPS) is 10.3. The van der Waals surface area contributed by atoms with Gasteiger partial charge in [-0.3, -0.25) is 0 Å². The van der Waals surface area contributed by atoms with Crippen molar-refractivity contribution in [1.82, 2.24) is 14.5 Å². The predicted octanol–water partition coefficient (Wildman–Crippen LogP) is 4.03. The van der Waals surface area contributed by atoms with Crippen LogP contribution in [0.25, 0.3) is 11.0 Å². The topological polar surface area (TPSA) is 37.5 Å². The van der Waals surface area contributed by atoms with Crippen LogP contribution in [0.5, 0.6) is 0 Å². The van der Waals surface area contributed by atoms with Crippen molar-refractivity contribution < 1.29 is 26.9 Å². The molecule has 1 aromatic carbocycles. The number of hydrogen-bond acceptors (Lipinski definition) is 2. The molecule has 0 spiro atoms. The number of aromatic amines is 1. The van der Waals surface area contributed by atoms with Crippen molar-refractivity contribution in [2.45, 2.75) is 39.8 Å². The maximum Gasteiger partial charge on any atom is 1.00 e. The van der Waals surface area contributed by atoms with Gasteiger partial charge in [0.05, 0.1) is 12.1 Å². The van der Waals surface area contributed by atoms with Gasteiger partial charge in [0.25, 0.3) is 0 Å². The number of nitrogens with one attached hydrogen (secondary N) is 1. The van der Waals surface area contributed by atoms with Gasteiger partial charge in [-0.05, 0) is 46.0 Å².